The van der Waals surface area contributed by atoms with Crippen LogP contribution >= 0.6 is 0 Å². The van der Waals surface area contributed by atoms with Crippen LogP contribution in [0.1, 0.15) is 16.7 Å². The van der Waals surface area contributed by atoms with Gasteiger partial charge in [-0.1, -0.05) is 72.8 Å². The van der Waals surface area contributed by atoms with Crippen LogP contribution in [0.4, 0.5) is 0 Å². The van der Waals surface area contributed by atoms with Crippen molar-refractivity contribution in [2.75, 3.05) is 0 Å². The van der Waals surface area contributed by atoms with Crippen molar-refractivity contribution < 1.29 is 4.57 Å². The quantitative estimate of drug-likeness (QED) is 0.627. The molecule has 0 amide bonds. The predicted molar refractivity (Wildman–Crippen MR) is 87.6 cm³/mol. The van der Waals surface area contributed by atoms with Gasteiger partial charge in [0.05, 0.1) is 0 Å². The Labute approximate surface area is 125 Å². The molecule has 0 spiro atoms. The van der Waals surface area contributed by atoms with Crippen LogP contribution in [0.25, 0.3) is 12.2 Å². The Morgan fingerprint density at radius 2 is 1.14 bits per heavy atom. The number of pyridine rings is 1. The van der Waals surface area contributed by atoms with Crippen molar-refractivity contribution >= 4 is 12.2 Å². The maximum Gasteiger partial charge on any atom is 0.173 e. The lowest BCUT2D eigenvalue weighted by atomic mass is 10.1. The number of nitrogens with zero attached hydrogens (tertiary/aromatic N) is 1. The molecule has 0 aliphatic rings. The molecule has 3 rings (SSSR count). The van der Waals surface area contributed by atoms with Gasteiger partial charge in [-0.2, -0.15) is 0 Å². The Kier molecular flexibility index (Phi) is 4.23. The fourth-order valence-corrected chi connectivity index (χ4v) is 2.24. The lowest BCUT2D eigenvalue weighted by Gasteiger charge is -1.98. The highest BCUT2D eigenvalue weighted by molar-refractivity contribution is 5.69. The minimum Gasteiger partial charge on any atom is -0.201 e. The number of benzene rings is 2. The molecule has 1 aromatic heterocycles. The standard InChI is InChI=1S/C20H18N/c1-3-7-18(8-4-1)11-12-19-13-15-21(16-14-19)17-20-9-5-2-6-10-20/h1-16H,17H2/q+1. The molecule has 0 saturated heterocycles. The van der Waals surface area contributed by atoms with Crippen molar-refractivity contribution in [1.29, 1.82) is 0 Å². The molecular weight excluding hydrogens is 254 g/mol. The first-order valence-corrected chi connectivity index (χ1v) is 7.16. The van der Waals surface area contributed by atoms with Crippen molar-refractivity contribution in [2.45, 2.75) is 6.54 Å². The summed E-state index contributed by atoms with van der Waals surface area (Å²) < 4.78 is 2.19. The molecule has 0 N–H and O–H groups in total. The highest BCUT2D eigenvalue weighted by atomic mass is 14.9. The Bertz CT molecular complexity index is 698. The summed E-state index contributed by atoms with van der Waals surface area (Å²) in [7, 11) is 0. The van der Waals surface area contributed by atoms with Crippen LogP contribution < -0.4 is 4.57 Å². The van der Waals surface area contributed by atoms with Gasteiger partial charge in [0.1, 0.15) is 0 Å². The zero-order valence-corrected chi connectivity index (χ0v) is 11.9. The van der Waals surface area contributed by atoms with E-state index in [2.05, 4.69) is 89.8 Å². The molecule has 102 valence electrons. The SMILES string of the molecule is C(=Cc1cc[n+](Cc2ccccc2)cc1)c1ccccc1. The first-order chi connectivity index (χ1) is 10.4. The summed E-state index contributed by atoms with van der Waals surface area (Å²) in [6, 6.07) is 25.1. The van der Waals surface area contributed by atoms with Gasteiger partial charge < -0.3 is 0 Å². The summed E-state index contributed by atoms with van der Waals surface area (Å²) in [6.07, 6.45) is 8.52. The molecule has 21 heavy (non-hydrogen) atoms. The number of aromatic nitrogens is 1. The van der Waals surface area contributed by atoms with Gasteiger partial charge in [0, 0.05) is 17.7 Å². The van der Waals surface area contributed by atoms with Crippen LogP contribution in [-0.2, 0) is 6.54 Å². The smallest absolute Gasteiger partial charge is 0.173 e. The molecule has 2 aromatic carbocycles. The summed E-state index contributed by atoms with van der Waals surface area (Å²) in [5.41, 5.74) is 3.75. The third-order valence-electron chi connectivity index (χ3n) is 3.39. The van der Waals surface area contributed by atoms with E-state index in [0.717, 1.165) is 6.54 Å². The number of hydrogen-bond donors (Lipinski definition) is 0. The van der Waals surface area contributed by atoms with Crippen molar-refractivity contribution in [2.24, 2.45) is 0 Å². The van der Waals surface area contributed by atoms with Gasteiger partial charge in [-0.05, 0) is 11.1 Å². The lowest BCUT2D eigenvalue weighted by molar-refractivity contribution is -0.688. The molecule has 3 aromatic rings. The zero-order valence-electron chi connectivity index (χ0n) is 11.9. The van der Waals surface area contributed by atoms with E-state index in [9.17, 15) is 0 Å². The summed E-state index contributed by atoms with van der Waals surface area (Å²) in [5, 5.41) is 0. The first-order valence-electron chi connectivity index (χ1n) is 7.16. The second kappa shape index (κ2) is 6.67. The van der Waals surface area contributed by atoms with Crippen molar-refractivity contribution in [1.82, 2.24) is 0 Å². The maximum atomic E-state index is 2.19. The Balaban J connectivity index is 1.68. The number of hydrogen-bond acceptors (Lipinski definition) is 0. The lowest BCUT2D eigenvalue weighted by Crippen LogP contribution is -2.32. The van der Waals surface area contributed by atoms with E-state index in [-0.39, 0.29) is 0 Å². The second-order valence-corrected chi connectivity index (χ2v) is 5.03. The molecule has 0 aliphatic heterocycles. The van der Waals surface area contributed by atoms with Crippen LogP contribution in [0.5, 0.6) is 0 Å². The van der Waals surface area contributed by atoms with Gasteiger partial charge in [0.15, 0.2) is 18.9 Å². The summed E-state index contributed by atoms with van der Waals surface area (Å²) >= 11 is 0. The van der Waals surface area contributed by atoms with Gasteiger partial charge >= 0.3 is 0 Å². The Hall–Kier alpha value is -2.67. The Morgan fingerprint density at radius 3 is 1.76 bits per heavy atom. The largest absolute Gasteiger partial charge is 0.201 e. The van der Waals surface area contributed by atoms with Crippen molar-refractivity contribution in [3.05, 3.63) is 102 Å². The van der Waals surface area contributed by atoms with E-state index in [0.29, 0.717) is 0 Å². The predicted octanol–water partition coefficient (Wildman–Crippen LogP) is 4.19. The van der Waals surface area contributed by atoms with E-state index in [1.54, 1.807) is 0 Å². The first kappa shape index (κ1) is 13.3. The molecule has 0 fully saturated rings. The molecular formula is C20H18N+. The third kappa shape index (κ3) is 3.90. The molecule has 0 unspecified atom stereocenters. The minimum atomic E-state index is 0.906. The minimum absolute atomic E-state index is 0.906. The Morgan fingerprint density at radius 1 is 0.619 bits per heavy atom. The van der Waals surface area contributed by atoms with E-state index in [1.165, 1.54) is 16.7 Å². The summed E-state index contributed by atoms with van der Waals surface area (Å²) in [4.78, 5) is 0. The van der Waals surface area contributed by atoms with Crippen LogP contribution in [0.15, 0.2) is 85.2 Å². The van der Waals surface area contributed by atoms with Crippen molar-refractivity contribution in [3.8, 4) is 0 Å². The van der Waals surface area contributed by atoms with Gasteiger partial charge in [-0.15, -0.1) is 0 Å². The van der Waals surface area contributed by atoms with Crippen LogP contribution in [0, 0.1) is 0 Å². The molecule has 1 nitrogen and oxygen atoms in total. The molecule has 1 heterocycles. The normalized spacial score (nSPS) is 10.9. The molecule has 1 heteroatoms. The highest BCUT2D eigenvalue weighted by Gasteiger charge is 2.01. The molecule has 0 bridgehead atoms. The van der Waals surface area contributed by atoms with Gasteiger partial charge in [-0.25, -0.2) is 4.57 Å². The average Bonchev–Trinajstić information content (AvgIpc) is 2.56. The monoisotopic (exact) mass is 272 g/mol. The highest BCUT2D eigenvalue weighted by Crippen LogP contribution is 2.06. The van der Waals surface area contributed by atoms with Crippen LogP contribution in [-0.4, -0.2) is 0 Å². The summed E-state index contributed by atoms with van der Waals surface area (Å²) in [6.45, 7) is 0.906. The fourth-order valence-electron chi connectivity index (χ4n) is 2.24. The topological polar surface area (TPSA) is 3.88 Å². The van der Waals surface area contributed by atoms with Gasteiger partial charge in [0.25, 0.3) is 0 Å². The zero-order chi connectivity index (χ0) is 14.3. The van der Waals surface area contributed by atoms with Crippen LogP contribution in [0.2, 0.25) is 0 Å². The summed E-state index contributed by atoms with van der Waals surface area (Å²) in [5.74, 6) is 0. The van der Waals surface area contributed by atoms with Gasteiger partial charge in [0.2, 0.25) is 0 Å². The molecule has 0 atom stereocenters. The van der Waals surface area contributed by atoms with Gasteiger partial charge in [-0.3, -0.25) is 0 Å². The van der Waals surface area contributed by atoms with E-state index >= 15 is 0 Å². The van der Waals surface area contributed by atoms with Crippen molar-refractivity contribution in [3.63, 3.8) is 0 Å². The van der Waals surface area contributed by atoms with E-state index in [4.69, 9.17) is 0 Å². The molecule has 0 aliphatic carbocycles. The fraction of sp³-hybridized carbons (Fsp3) is 0.0500. The maximum absolute atomic E-state index is 2.19. The van der Waals surface area contributed by atoms with E-state index < -0.39 is 0 Å². The van der Waals surface area contributed by atoms with Crippen LogP contribution in [0.3, 0.4) is 0 Å². The molecule has 0 saturated carbocycles. The second-order valence-electron chi connectivity index (χ2n) is 5.03. The molecule has 0 radical (unpaired) electrons. The number of rotatable bonds is 4. The third-order valence-corrected chi connectivity index (χ3v) is 3.39. The van der Waals surface area contributed by atoms with E-state index in [1.807, 2.05) is 12.1 Å². The average molecular weight is 272 g/mol.